The van der Waals surface area contributed by atoms with Gasteiger partial charge in [0.05, 0.1) is 30.5 Å². The molecule has 0 spiro atoms. The maximum Gasteiger partial charge on any atom is 0.407 e. The molecule has 1 heterocycles. The Kier molecular flexibility index (Phi) is 5.17. The number of rotatable bonds is 4. The van der Waals surface area contributed by atoms with Crippen molar-refractivity contribution < 1.29 is 30.8 Å². The van der Waals surface area contributed by atoms with Gasteiger partial charge in [0.2, 0.25) is 0 Å². The summed E-state index contributed by atoms with van der Waals surface area (Å²) >= 11 is 0. The predicted octanol–water partition coefficient (Wildman–Crippen LogP) is 5.29. The molecule has 0 saturated heterocycles. The number of furan rings is 1. The van der Waals surface area contributed by atoms with Crippen LogP contribution in [0.25, 0.3) is 4.85 Å². The van der Waals surface area contributed by atoms with Gasteiger partial charge in [-0.25, -0.2) is 4.85 Å². The van der Waals surface area contributed by atoms with Crippen LogP contribution in [0.4, 0.5) is 37.7 Å². The highest BCUT2D eigenvalue weighted by atomic mass is 19.4. The molecule has 0 aliphatic carbocycles. The molecule has 1 aromatic carbocycles. The topological polar surface area (TPSA) is 44.5 Å². The van der Waals surface area contributed by atoms with E-state index < -0.39 is 42.4 Å². The molecule has 0 aliphatic heterocycles. The van der Waals surface area contributed by atoms with Gasteiger partial charge < -0.3 is 9.32 Å². The van der Waals surface area contributed by atoms with Crippen molar-refractivity contribution in [3.05, 3.63) is 58.8 Å². The van der Waals surface area contributed by atoms with Crippen LogP contribution in [0.1, 0.15) is 16.9 Å². The number of hydrogen-bond donors (Lipinski definition) is 0. The van der Waals surface area contributed by atoms with E-state index in [1.807, 2.05) is 0 Å². The Balaban J connectivity index is 2.49. The zero-order chi connectivity index (χ0) is 19.5. The molecule has 10 heteroatoms. The zero-order valence-corrected chi connectivity index (χ0v) is 12.8. The number of nitrogens with zero attached hydrogens (tertiary/aromatic N) is 3. The van der Waals surface area contributed by atoms with Crippen molar-refractivity contribution in [1.29, 1.82) is 5.26 Å². The number of halogens is 6. The Labute approximate surface area is 143 Å². The first-order chi connectivity index (χ1) is 12.0. The van der Waals surface area contributed by atoms with E-state index in [1.54, 1.807) is 6.07 Å². The first kappa shape index (κ1) is 19.2. The van der Waals surface area contributed by atoms with E-state index in [2.05, 4.69) is 4.85 Å². The average Bonchev–Trinajstić information content (AvgIpc) is 2.98. The van der Waals surface area contributed by atoms with E-state index in [4.69, 9.17) is 16.3 Å². The van der Waals surface area contributed by atoms with Gasteiger partial charge in [0.15, 0.2) is 5.69 Å². The number of benzene rings is 1. The Morgan fingerprint density at radius 1 is 1.15 bits per heavy atom. The molecular formula is C16H9F6N3O. The lowest BCUT2D eigenvalue weighted by molar-refractivity contribution is -0.136. The molecule has 0 saturated carbocycles. The van der Waals surface area contributed by atoms with E-state index in [0.717, 1.165) is 18.4 Å². The van der Waals surface area contributed by atoms with Crippen LogP contribution in [-0.2, 0) is 12.7 Å². The van der Waals surface area contributed by atoms with E-state index in [9.17, 15) is 26.3 Å². The second-order valence-corrected chi connectivity index (χ2v) is 5.15. The fourth-order valence-electron chi connectivity index (χ4n) is 2.24. The maximum absolute atomic E-state index is 13.1. The van der Waals surface area contributed by atoms with Crippen LogP contribution in [-0.4, -0.2) is 12.7 Å². The minimum Gasteiger partial charge on any atom is -0.466 e. The fourth-order valence-corrected chi connectivity index (χ4v) is 2.24. The Hall–Kier alpha value is -3.14. The largest absolute Gasteiger partial charge is 0.466 e. The lowest BCUT2D eigenvalue weighted by atomic mass is 10.1. The molecule has 2 rings (SSSR count). The third-order valence-electron chi connectivity index (χ3n) is 3.34. The van der Waals surface area contributed by atoms with Gasteiger partial charge in [-0.3, -0.25) is 0 Å². The van der Waals surface area contributed by atoms with E-state index in [-0.39, 0.29) is 11.3 Å². The predicted molar refractivity (Wildman–Crippen MR) is 78.2 cm³/mol. The summed E-state index contributed by atoms with van der Waals surface area (Å²) in [4.78, 5) is 3.34. The number of alkyl halides is 6. The minimum atomic E-state index is -4.90. The summed E-state index contributed by atoms with van der Waals surface area (Å²) in [6.07, 6.45) is -8.51. The van der Waals surface area contributed by atoms with E-state index in [0.29, 0.717) is 11.0 Å². The van der Waals surface area contributed by atoms with Crippen LogP contribution in [0.3, 0.4) is 0 Å². The molecule has 0 fully saturated rings. The summed E-state index contributed by atoms with van der Waals surface area (Å²) in [5, 5.41) is 8.91. The van der Waals surface area contributed by atoms with Gasteiger partial charge in [-0.05, 0) is 18.2 Å². The van der Waals surface area contributed by atoms with Crippen molar-refractivity contribution in [2.24, 2.45) is 0 Å². The summed E-state index contributed by atoms with van der Waals surface area (Å²) in [6, 6.07) is 5.25. The van der Waals surface area contributed by atoms with Crippen molar-refractivity contribution in [3.8, 4) is 6.07 Å². The first-order valence-electron chi connectivity index (χ1n) is 6.92. The lowest BCUT2D eigenvalue weighted by Gasteiger charge is -2.26. The van der Waals surface area contributed by atoms with Gasteiger partial charge in [-0.2, -0.15) is 31.6 Å². The summed E-state index contributed by atoms with van der Waals surface area (Å²) < 4.78 is 82.8. The smallest absolute Gasteiger partial charge is 0.407 e. The number of hydrogen-bond acceptors (Lipinski definition) is 3. The summed E-state index contributed by atoms with van der Waals surface area (Å²) in [6.45, 7) is 4.65. The van der Waals surface area contributed by atoms with E-state index >= 15 is 0 Å². The van der Waals surface area contributed by atoms with Crippen molar-refractivity contribution in [1.82, 2.24) is 0 Å². The standard InChI is InChI=1S/C16H9F6N3O/c1-24-13-3-2-11(6-12(13)16(20,21)22)25(9-15(17,18)19)8-14-10(7-23)4-5-26-14/h2-6H,8-9H2. The van der Waals surface area contributed by atoms with Crippen molar-refractivity contribution in [2.75, 3.05) is 11.4 Å². The van der Waals surface area contributed by atoms with Crippen molar-refractivity contribution in [2.45, 2.75) is 18.9 Å². The second-order valence-electron chi connectivity index (χ2n) is 5.15. The maximum atomic E-state index is 13.1. The average molecular weight is 373 g/mol. The third-order valence-corrected chi connectivity index (χ3v) is 3.34. The highest BCUT2D eigenvalue weighted by Gasteiger charge is 2.36. The minimum absolute atomic E-state index is 0.0222. The van der Waals surface area contributed by atoms with Gasteiger partial charge >= 0.3 is 12.4 Å². The highest BCUT2D eigenvalue weighted by Crippen LogP contribution is 2.39. The molecule has 0 unspecified atom stereocenters. The van der Waals surface area contributed by atoms with E-state index in [1.165, 1.54) is 6.07 Å². The fraction of sp³-hybridized carbons (Fsp3) is 0.250. The lowest BCUT2D eigenvalue weighted by Crippen LogP contribution is -2.34. The first-order valence-corrected chi connectivity index (χ1v) is 6.92. The molecule has 136 valence electrons. The van der Waals surface area contributed by atoms with Gasteiger partial charge in [-0.15, -0.1) is 0 Å². The molecule has 26 heavy (non-hydrogen) atoms. The molecule has 4 nitrogen and oxygen atoms in total. The van der Waals surface area contributed by atoms with Crippen LogP contribution in [0.2, 0.25) is 0 Å². The molecule has 1 aromatic heterocycles. The van der Waals surface area contributed by atoms with Crippen LogP contribution in [0.15, 0.2) is 34.9 Å². The van der Waals surface area contributed by atoms with Crippen molar-refractivity contribution >= 4 is 11.4 Å². The SMILES string of the molecule is [C-]#[N+]c1ccc(N(Cc2occc2C#N)CC(F)(F)F)cc1C(F)(F)F. The van der Waals surface area contributed by atoms with Crippen molar-refractivity contribution in [3.63, 3.8) is 0 Å². The van der Waals surface area contributed by atoms with Crippen LogP contribution in [0.5, 0.6) is 0 Å². The normalized spacial score (nSPS) is 11.7. The zero-order valence-electron chi connectivity index (χ0n) is 12.8. The third kappa shape index (κ3) is 4.48. The van der Waals surface area contributed by atoms with Crippen LogP contribution >= 0.6 is 0 Å². The van der Waals surface area contributed by atoms with Gasteiger partial charge in [0.25, 0.3) is 0 Å². The second kappa shape index (κ2) is 7.00. The quantitative estimate of drug-likeness (QED) is 0.540. The molecular weight excluding hydrogens is 364 g/mol. The molecule has 2 aromatic rings. The highest BCUT2D eigenvalue weighted by molar-refractivity contribution is 5.62. The molecule has 0 amide bonds. The molecule has 0 atom stereocenters. The van der Waals surface area contributed by atoms with Gasteiger partial charge in [0, 0.05) is 5.69 Å². The van der Waals surface area contributed by atoms with Crippen LogP contribution < -0.4 is 4.90 Å². The van der Waals surface area contributed by atoms with Gasteiger partial charge in [-0.1, -0.05) is 6.07 Å². The number of anilines is 1. The molecule has 0 radical (unpaired) electrons. The summed E-state index contributed by atoms with van der Waals surface area (Å²) in [5.74, 6) is -0.112. The monoisotopic (exact) mass is 373 g/mol. The molecule has 0 bridgehead atoms. The Bertz CT molecular complexity index is 870. The van der Waals surface area contributed by atoms with Crippen LogP contribution in [0, 0.1) is 17.9 Å². The molecule has 0 aliphatic rings. The summed E-state index contributed by atoms with van der Waals surface area (Å²) in [5.41, 5.74) is -2.48. The Morgan fingerprint density at radius 2 is 1.85 bits per heavy atom. The van der Waals surface area contributed by atoms with Gasteiger partial charge in [0.1, 0.15) is 18.4 Å². The Morgan fingerprint density at radius 3 is 2.38 bits per heavy atom. The molecule has 0 N–H and O–H groups in total. The number of nitriles is 1. The summed E-state index contributed by atoms with van der Waals surface area (Å²) in [7, 11) is 0.